The molecule has 3 aliphatic heterocycles. The lowest BCUT2D eigenvalue weighted by molar-refractivity contribution is -0.156. The highest BCUT2D eigenvalue weighted by atomic mass is 35.5. The fraction of sp³-hybridized carbons (Fsp3) is 0.552. The van der Waals surface area contributed by atoms with Gasteiger partial charge in [-0.1, -0.05) is 49.7 Å². The Kier molecular flexibility index (Phi) is 8.36. The summed E-state index contributed by atoms with van der Waals surface area (Å²) in [5.41, 5.74) is 0.528. The van der Waals surface area contributed by atoms with Crippen LogP contribution in [0.5, 0.6) is 0 Å². The van der Waals surface area contributed by atoms with Crippen molar-refractivity contribution in [1.29, 1.82) is 0 Å². The van der Waals surface area contributed by atoms with Gasteiger partial charge in [-0.05, 0) is 44.2 Å². The number of ether oxygens (including phenoxy) is 1. The van der Waals surface area contributed by atoms with E-state index in [1.807, 2.05) is 20.8 Å². The third-order valence-electron chi connectivity index (χ3n) is 8.30. The van der Waals surface area contributed by atoms with Crippen LogP contribution in [-0.2, 0) is 19.1 Å². The quantitative estimate of drug-likeness (QED) is 0.244. The van der Waals surface area contributed by atoms with Crippen LogP contribution in [0.2, 0.25) is 5.02 Å². The molecule has 2 bridgehead atoms. The summed E-state index contributed by atoms with van der Waals surface area (Å²) in [6.45, 7) is 13.5. The van der Waals surface area contributed by atoms with Crippen molar-refractivity contribution < 1.29 is 24.2 Å². The first-order valence-electron chi connectivity index (χ1n) is 13.2. The van der Waals surface area contributed by atoms with Gasteiger partial charge in [0.25, 0.3) is 5.91 Å². The minimum absolute atomic E-state index is 0.113. The molecule has 1 N–H and O–H groups in total. The maximum Gasteiger partial charge on any atom is 0.311 e. The predicted molar refractivity (Wildman–Crippen MR) is 151 cm³/mol. The third-order valence-corrected chi connectivity index (χ3v) is 10.6. The number of anilines is 1. The number of hydrogen-bond donors (Lipinski definition) is 1. The number of aliphatic hydroxyl groups excluding tert-OH is 1. The summed E-state index contributed by atoms with van der Waals surface area (Å²) >= 11 is 8.10. The molecule has 3 saturated heterocycles. The number of likely N-dealkylation sites (tertiary alicyclic amines) is 1. The number of para-hydroxylation sites is 1. The van der Waals surface area contributed by atoms with Crippen LogP contribution in [0, 0.1) is 17.8 Å². The Hall–Kier alpha value is -2.29. The van der Waals surface area contributed by atoms with Crippen molar-refractivity contribution in [3.8, 4) is 0 Å². The van der Waals surface area contributed by atoms with Gasteiger partial charge >= 0.3 is 5.97 Å². The van der Waals surface area contributed by atoms with Gasteiger partial charge in [-0.25, -0.2) is 0 Å². The van der Waals surface area contributed by atoms with Crippen LogP contribution in [0.1, 0.15) is 40.0 Å². The van der Waals surface area contributed by atoms with Gasteiger partial charge in [0, 0.05) is 11.3 Å². The lowest BCUT2D eigenvalue weighted by Crippen LogP contribution is -2.58. The van der Waals surface area contributed by atoms with Gasteiger partial charge in [-0.2, -0.15) is 0 Å². The van der Waals surface area contributed by atoms with Gasteiger partial charge in [0.15, 0.2) is 0 Å². The van der Waals surface area contributed by atoms with Gasteiger partial charge < -0.3 is 19.6 Å². The van der Waals surface area contributed by atoms with Gasteiger partial charge in [-0.3, -0.25) is 14.4 Å². The standard InChI is InChI=1S/C29H37ClN2O5S/c1-6-8-16-37-27(36)23-22-25(34)32(21(17-33)18(3)4)24(29(22)14-13-28(23,5)38-29)26(35)31(15-7-2)20-12-10-9-11-19(20)30/h6-7,9-12,18,21-24,33H,1-2,8,13-17H2,3-5H3/t21-,22-,23-,24?,28+,29?/m0/s1. The summed E-state index contributed by atoms with van der Waals surface area (Å²) in [7, 11) is 0. The van der Waals surface area contributed by atoms with E-state index in [0.29, 0.717) is 30.0 Å². The van der Waals surface area contributed by atoms with Crippen LogP contribution in [0.4, 0.5) is 5.69 Å². The highest BCUT2D eigenvalue weighted by molar-refractivity contribution is 8.02. The summed E-state index contributed by atoms with van der Waals surface area (Å²) in [5.74, 6) is -2.48. The molecule has 2 amide bonds. The molecule has 0 aliphatic carbocycles. The molecule has 0 radical (unpaired) electrons. The van der Waals surface area contributed by atoms with Crippen molar-refractivity contribution in [2.24, 2.45) is 17.8 Å². The molecular formula is C29H37ClN2O5S. The van der Waals surface area contributed by atoms with E-state index in [1.54, 1.807) is 58.0 Å². The highest BCUT2D eigenvalue weighted by Gasteiger charge is 2.78. The van der Waals surface area contributed by atoms with Crippen molar-refractivity contribution in [2.75, 3.05) is 24.7 Å². The maximum absolute atomic E-state index is 14.6. The average molecular weight is 561 g/mol. The maximum atomic E-state index is 14.6. The van der Waals surface area contributed by atoms with Crippen LogP contribution >= 0.6 is 23.4 Å². The summed E-state index contributed by atoms with van der Waals surface area (Å²) in [5, 5.41) is 10.8. The monoisotopic (exact) mass is 560 g/mol. The molecule has 3 heterocycles. The van der Waals surface area contributed by atoms with Gasteiger partial charge in [0.2, 0.25) is 5.91 Å². The first-order valence-corrected chi connectivity index (χ1v) is 14.3. The number of aliphatic hydroxyl groups is 1. The molecule has 1 aromatic carbocycles. The number of benzene rings is 1. The molecule has 7 nitrogen and oxygen atoms in total. The second kappa shape index (κ2) is 11.1. The molecule has 2 unspecified atom stereocenters. The minimum atomic E-state index is -0.881. The number of nitrogens with zero attached hydrogens (tertiary/aromatic N) is 2. The van der Waals surface area contributed by atoms with E-state index < -0.39 is 39.4 Å². The molecule has 6 atom stereocenters. The van der Waals surface area contributed by atoms with E-state index in [2.05, 4.69) is 13.2 Å². The summed E-state index contributed by atoms with van der Waals surface area (Å²) < 4.78 is 4.25. The molecule has 9 heteroatoms. The summed E-state index contributed by atoms with van der Waals surface area (Å²) in [6, 6.07) is 5.62. The molecule has 3 aliphatic rings. The van der Waals surface area contributed by atoms with Crippen molar-refractivity contribution >= 4 is 46.8 Å². The predicted octanol–water partition coefficient (Wildman–Crippen LogP) is 4.48. The number of amides is 2. The zero-order valence-corrected chi connectivity index (χ0v) is 23.8. The molecular weight excluding hydrogens is 524 g/mol. The van der Waals surface area contributed by atoms with E-state index in [9.17, 15) is 19.5 Å². The molecule has 0 aromatic heterocycles. The average Bonchev–Trinajstić information content (AvgIpc) is 3.44. The molecule has 0 saturated carbocycles. The first kappa shape index (κ1) is 28.7. The molecule has 206 valence electrons. The Balaban J connectivity index is 1.84. The molecule has 1 spiro atoms. The van der Waals surface area contributed by atoms with Crippen LogP contribution in [-0.4, -0.2) is 69.1 Å². The van der Waals surface area contributed by atoms with Crippen molar-refractivity contribution in [3.63, 3.8) is 0 Å². The van der Waals surface area contributed by atoms with Crippen LogP contribution in [0.25, 0.3) is 0 Å². The topological polar surface area (TPSA) is 87.1 Å². The summed E-state index contributed by atoms with van der Waals surface area (Å²) in [4.78, 5) is 45.5. The number of halogens is 1. The zero-order valence-electron chi connectivity index (χ0n) is 22.3. The molecule has 3 fully saturated rings. The molecule has 1 aromatic rings. The van der Waals surface area contributed by atoms with Gasteiger partial charge in [0.1, 0.15) is 6.04 Å². The Labute approximate surface area is 234 Å². The van der Waals surface area contributed by atoms with Gasteiger partial charge in [0.05, 0.1) is 46.5 Å². The number of thioether (sulfide) groups is 1. The fourth-order valence-corrected chi connectivity index (χ4v) is 9.13. The Bertz CT molecular complexity index is 1130. The Morgan fingerprint density at radius 1 is 1.29 bits per heavy atom. The second-order valence-corrected chi connectivity index (χ2v) is 13.2. The minimum Gasteiger partial charge on any atom is -0.465 e. The first-order chi connectivity index (χ1) is 18.1. The highest BCUT2D eigenvalue weighted by Crippen LogP contribution is 2.72. The largest absolute Gasteiger partial charge is 0.465 e. The number of rotatable bonds is 11. The molecule has 38 heavy (non-hydrogen) atoms. The summed E-state index contributed by atoms with van der Waals surface area (Å²) in [6.07, 6.45) is 5.12. The normalized spacial score (nSPS) is 30.3. The van der Waals surface area contributed by atoms with E-state index in [1.165, 1.54) is 0 Å². The lowest BCUT2D eigenvalue weighted by atomic mass is 9.66. The number of fused-ring (bicyclic) bond motifs is 1. The lowest BCUT2D eigenvalue weighted by Gasteiger charge is -2.40. The molecule has 4 rings (SSSR count). The van der Waals surface area contributed by atoms with Crippen molar-refractivity contribution in [2.45, 2.75) is 61.6 Å². The number of carbonyl (C=O) groups excluding carboxylic acids is 3. The van der Waals surface area contributed by atoms with Crippen LogP contribution in [0.3, 0.4) is 0 Å². The van der Waals surface area contributed by atoms with E-state index in [-0.39, 0.29) is 37.5 Å². The third kappa shape index (κ3) is 4.48. The zero-order chi connectivity index (χ0) is 27.8. The smallest absolute Gasteiger partial charge is 0.311 e. The van der Waals surface area contributed by atoms with E-state index >= 15 is 0 Å². The SMILES string of the molecule is C=CCCOC(=O)[C@@H]1[C@H]2C(=O)N([C@@H](CO)C(C)C)C(C(=O)N(CC=C)c3ccccc3Cl)C23CC[C@@]1(C)S3. The number of hydrogen-bond acceptors (Lipinski definition) is 6. The van der Waals surface area contributed by atoms with E-state index in [4.69, 9.17) is 16.3 Å². The van der Waals surface area contributed by atoms with Crippen LogP contribution in [0.15, 0.2) is 49.6 Å². The van der Waals surface area contributed by atoms with Crippen LogP contribution < -0.4 is 4.90 Å². The van der Waals surface area contributed by atoms with E-state index in [0.717, 1.165) is 0 Å². The Morgan fingerprint density at radius 3 is 2.61 bits per heavy atom. The van der Waals surface area contributed by atoms with Crippen molar-refractivity contribution in [3.05, 3.63) is 54.6 Å². The number of esters is 1. The fourth-order valence-electron chi connectivity index (χ4n) is 6.57. The second-order valence-electron chi connectivity index (χ2n) is 10.9. The Morgan fingerprint density at radius 2 is 2.00 bits per heavy atom. The number of carbonyl (C=O) groups is 3. The van der Waals surface area contributed by atoms with Crippen molar-refractivity contribution in [1.82, 2.24) is 4.90 Å². The van der Waals surface area contributed by atoms with Gasteiger partial charge in [-0.15, -0.1) is 24.9 Å².